The lowest BCUT2D eigenvalue weighted by Gasteiger charge is -2.16. The number of amides is 1. The summed E-state index contributed by atoms with van der Waals surface area (Å²) in [6, 6.07) is 3.12. The van der Waals surface area contributed by atoms with E-state index >= 15 is 0 Å². The number of rotatable bonds is 6. The Morgan fingerprint density at radius 3 is 2.23 bits per heavy atom. The van der Waals surface area contributed by atoms with Crippen LogP contribution in [0.4, 0.5) is 0 Å². The molecule has 6 nitrogen and oxygen atoms in total. The van der Waals surface area contributed by atoms with Gasteiger partial charge in [0.15, 0.2) is 0 Å². The molecule has 1 aromatic rings. The summed E-state index contributed by atoms with van der Waals surface area (Å²) in [7, 11) is 0. The molecule has 0 radical (unpaired) electrons. The lowest BCUT2D eigenvalue weighted by Crippen LogP contribution is -2.48. The van der Waals surface area contributed by atoms with Crippen LogP contribution >= 0.6 is 27.5 Å². The van der Waals surface area contributed by atoms with Gasteiger partial charge in [-0.15, -0.1) is 0 Å². The molecule has 0 aliphatic carbocycles. The van der Waals surface area contributed by atoms with Crippen LogP contribution in [-0.4, -0.2) is 37.1 Å². The van der Waals surface area contributed by atoms with Crippen molar-refractivity contribution in [2.75, 3.05) is 13.2 Å². The summed E-state index contributed by atoms with van der Waals surface area (Å²) in [6.07, 6.45) is 0. The standard InChI is InChI=1S/C14H15BrClNO5/c1-3-21-13(19)11(14(20)22-4-2)17-12(18)9-7-8(15)5-6-10(9)16/h5-7,11H,3-4H2,1-2H3,(H,17,18). The number of carbonyl (C=O) groups excluding carboxylic acids is 3. The third kappa shape index (κ3) is 4.99. The van der Waals surface area contributed by atoms with Crippen LogP contribution in [0.25, 0.3) is 0 Å². The van der Waals surface area contributed by atoms with Crippen LogP contribution in [-0.2, 0) is 19.1 Å². The van der Waals surface area contributed by atoms with Gasteiger partial charge in [-0.25, -0.2) is 9.59 Å². The van der Waals surface area contributed by atoms with Crippen molar-refractivity contribution >= 4 is 45.4 Å². The van der Waals surface area contributed by atoms with Crippen molar-refractivity contribution in [2.24, 2.45) is 0 Å². The highest BCUT2D eigenvalue weighted by Crippen LogP contribution is 2.21. The molecule has 1 amide bonds. The molecule has 1 N–H and O–H groups in total. The van der Waals surface area contributed by atoms with Crippen molar-refractivity contribution < 1.29 is 23.9 Å². The minimum absolute atomic E-state index is 0.0717. The Bertz CT molecular complexity index is 560. The van der Waals surface area contributed by atoms with Crippen molar-refractivity contribution in [2.45, 2.75) is 19.9 Å². The number of halogens is 2. The molecular weight excluding hydrogens is 378 g/mol. The maximum atomic E-state index is 12.2. The van der Waals surface area contributed by atoms with Crippen LogP contribution in [0.5, 0.6) is 0 Å². The van der Waals surface area contributed by atoms with Gasteiger partial charge in [0.1, 0.15) is 0 Å². The summed E-state index contributed by atoms with van der Waals surface area (Å²) in [5.74, 6) is -2.46. The first-order valence-corrected chi connectivity index (χ1v) is 7.67. The summed E-state index contributed by atoms with van der Waals surface area (Å²) in [5, 5.41) is 2.46. The van der Waals surface area contributed by atoms with Gasteiger partial charge < -0.3 is 14.8 Å². The van der Waals surface area contributed by atoms with E-state index in [2.05, 4.69) is 21.2 Å². The quantitative estimate of drug-likeness (QED) is 0.593. The topological polar surface area (TPSA) is 81.7 Å². The SMILES string of the molecule is CCOC(=O)C(NC(=O)c1cc(Br)ccc1Cl)C(=O)OCC. The first-order chi connectivity index (χ1) is 10.4. The highest BCUT2D eigenvalue weighted by molar-refractivity contribution is 9.10. The Morgan fingerprint density at radius 1 is 1.18 bits per heavy atom. The van der Waals surface area contributed by atoms with Crippen molar-refractivity contribution in [3.8, 4) is 0 Å². The molecule has 0 saturated heterocycles. The number of carbonyl (C=O) groups is 3. The molecule has 0 aromatic heterocycles. The summed E-state index contributed by atoms with van der Waals surface area (Å²) in [5.41, 5.74) is 0.120. The zero-order valence-electron chi connectivity index (χ0n) is 12.0. The fourth-order valence-electron chi connectivity index (χ4n) is 1.55. The van der Waals surface area contributed by atoms with E-state index in [0.29, 0.717) is 4.47 Å². The Morgan fingerprint density at radius 2 is 1.73 bits per heavy atom. The number of nitrogens with one attached hydrogen (secondary N) is 1. The zero-order chi connectivity index (χ0) is 16.7. The zero-order valence-corrected chi connectivity index (χ0v) is 14.4. The molecule has 1 aromatic carbocycles. The second kappa shape index (κ2) is 8.75. The molecule has 0 bridgehead atoms. The van der Waals surface area contributed by atoms with Crippen LogP contribution in [0.1, 0.15) is 24.2 Å². The highest BCUT2D eigenvalue weighted by atomic mass is 79.9. The Hall–Kier alpha value is -1.60. The largest absolute Gasteiger partial charge is 0.464 e. The number of hydrogen-bond donors (Lipinski definition) is 1. The van der Waals surface area contributed by atoms with E-state index in [1.807, 2.05) is 0 Å². The highest BCUT2D eigenvalue weighted by Gasteiger charge is 2.32. The molecular formula is C14H15BrClNO5. The Labute approximate surface area is 141 Å². The molecule has 0 fully saturated rings. The molecule has 120 valence electrons. The maximum absolute atomic E-state index is 12.2. The van der Waals surface area contributed by atoms with Crippen LogP contribution in [0, 0.1) is 0 Å². The van der Waals surface area contributed by atoms with E-state index in [1.165, 1.54) is 12.1 Å². The summed E-state index contributed by atoms with van der Waals surface area (Å²) in [4.78, 5) is 35.8. The van der Waals surface area contributed by atoms with Gasteiger partial charge in [0.25, 0.3) is 5.91 Å². The number of ether oxygens (including phenoxy) is 2. The predicted molar refractivity (Wildman–Crippen MR) is 83.7 cm³/mol. The first kappa shape index (κ1) is 18.4. The van der Waals surface area contributed by atoms with Gasteiger partial charge in [0.05, 0.1) is 23.8 Å². The van der Waals surface area contributed by atoms with Crippen molar-refractivity contribution in [1.82, 2.24) is 5.32 Å². The van der Waals surface area contributed by atoms with E-state index in [1.54, 1.807) is 19.9 Å². The summed E-state index contributed by atoms with van der Waals surface area (Å²) < 4.78 is 10.2. The molecule has 0 unspecified atom stereocenters. The Kier molecular flexibility index (Phi) is 7.34. The van der Waals surface area contributed by atoms with Crippen LogP contribution < -0.4 is 5.32 Å². The molecule has 0 heterocycles. The molecule has 22 heavy (non-hydrogen) atoms. The van der Waals surface area contributed by atoms with Crippen molar-refractivity contribution in [3.05, 3.63) is 33.3 Å². The molecule has 0 aliphatic rings. The maximum Gasteiger partial charge on any atom is 0.340 e. The minimum Gasteiger partial charge on any atom is -0.464 e. The number of hydrogen-bond acceptors (Lipinski definition) is 5. The lowest BCUT2D eigenvalue weighted by atomic mass is 10.2. The van der Waals surface area contributed by atoms with E-state index in [4.69, 9.17) is 21.1 Å². The predicted octanol–water partition coefficient (Wildman–Crippen LogP) is 2.33. The van der Waals surface area contributed by atoms with Crippen LogP contribution in [0.15, 0.2) is 22.7 Å². The first-order valence-electron chi connectivity index (χ1n) is 6.49. The van der Waals surface area contributed by atoms with E-state index in [0.717, 1.165) is 0 Å². The normalized spacial score (nSPS) is 10.2. The van der Waals surface area contributed by atoms with E-state index in [-0.39, 0.29) is 23.8 Å². The monoisotopic (exact) mass is 391 g/mol. The second-order valence-electron chi connectivity index (χ2n) is 4.03. The second-order valence-corrected chi connectivity index (χ2v) is 5.36. The molecule has 1 rings (SSSR count). The molecule has 0 aliphatic heterocycles. The van der Waals surface area contributed by atoms with Gasteiger partial charge in [-0.1, -0.05) is 27.5 Å². The fraction of sp³-hybridized carbons (Fsp3) is 0.357. The van der Waals surface area contributed by atoms with Gasteiger partial charge in [0, 0.05) is 4.47 Å². The molecule has 8 heteroatoms. The third-order valence-electron chi connectivity index (χ3n) is 2.49. The van der Waals surface area contributed by atoms with Gasteiger partial charge in [-0.3, -0.25) is 4.79 Å². The third-order valence-corrected chi connectivity index (χ3v) is 3.32. The van der Waals surface area contributed by atoms with Gasteiger partial charge in [-0.2, -0.15) is 0 Å². The van der Waals surface area contributed by atoms with Gasteiger partial charge in [-0.05, 0) is 32.0 Å². The average Bonchev–Trinajstić information content (AvgIpc) is 2.47. The summed E-state index contributed by atoms with van der Waals surface area (Å²) >= 11 is 9.16. The van der Waals surface area contributed by atoms with Crippen LogP contribution in [0.3, 0.4) is 0 Å². The van der Waals surface area contributed by atoms with E-state index < -0.39 is 23.9 Å². The van der Waals surface area contributed by atoms with Gasteiger partial charge >= 0.3 is 11.9 Å². The molecule has 0 saturated carbocycles. The van der Waals surface area contributed by atoms with Crippen molar-refractivity contribution in [1.29, 1.82) is 0 Å². The number of esters is 2. The lowest BCUT2D eigenvalue weighted by molar-refractivity contribution is -0.157. The number of benzene rings is 1. The minimum atomic E-state index is -1.54. The fourth-order valence-corrected chi connectivity index (χ4v) is 2.11. The molecule has 0 atom stereocenters. The Balaban J connectivity index is 2.97. The average molecular weight is 393 g/mol. The van der Waals surface area contributed by atoms with Crippen LogP contribution in [0.2, 0.25) is 5.02 Å². The summed E-state index contributed by atoms with van der Waals surface area (Å²) in [6.45, 7) is 3.32. The van der Waals surface area contributed by atoms with Crippen molar-refractivity contribution in [3.63, 3.8) is 0 Å². The van der Waals surface area contributed by atoms with Gasteiger partial charge in [0.2, 0.25) is 6.04 Å². The smallest absolute Gasteiger partial charge is 0.340 e. The molecule has 0 spiro atoms. The van der Waals surface area contributed by atoms with E-state index in [9.17, 15) is 14.4 Å².